The molecule has 0 aliphatic carbocycles. The molecule has 3 aromatic rings. The number of ether oxygens (including phenoxy) is 1. The number of fused-ring (bicyclic) bond motifs is 1. The van der Waals surface area contributed by atoms with E-state index in [9.17, 15) is 19.5 Å². The lowest BCUT2D eigenvalue weighted by Gasteiger charge is -2.27. The monoisotopic (exact) mass is 476 g/mol. The molecule has 3 heterocycles. The maximum atomic E-state index is 13.9. The number of benzene rings is 1. The standard InChI is InChI=1S/C26H28N4O5/c1-15-7-6-12-29-20(16(2)27-24(15)29)22(31)19-21(17-8-10-18(11-9-17)26(34)35-5)30(14-13-28(3)4)25(33)23(19)32/h6-12,21,31H,13-14H2,1-5H3/b22-19+. The number of carbonyl (C=O) groups excluding carboxylic acids is 3. The summed E-state index contributed by atoms with van der Waals surface area (Å²) >= 11 is 0. The Kier molecular flexibility index (Phi) is 6.45. The third-order valence-corrected chi connectivity index (χ3v) is 6.26. The van der Waals surface area contributed by atoms with Crippen molar-refractivity contribution in [1.29, 1.82) is 0 Å². The lowest BCUT2D eigenvalue weighted by Crippen LogP contribution is -3.06. The summed E-state index contributed by atoms with van der Waals surface area (Å²) < 4.78 is 6.43. The van der Waals surface area contributed by atoms with Gasteiger partial charge in [-0.2, -0.15) is 0 Å². The summed E-state index contributed by atoms with van der Waals surface area (Å²) in [4.78, 5) is 45.3. The number of aromatic nitrogens is 2. The van der Waals surface area contributed by atoms with Crippen molar-refractivity contribution in [3.05, 3.63) is 76.2 Å². The average Bonchev–Trinajstić information content (AvgIpc) is 3.31. The van der Waals surface area contributed by atoms with E-state index >= 15 is 0 Å². The number of pyridine rings is 1. The Morgan fingerprint density at radius 2 is 1.83 bits per heavy atom. The van der Waals surface area contributed by atoms with Gasteiger partial charge in [-0.25, -0.2) is 9.78 Å². The van der Waals surface area contributed by atoms with E-state index in [1.165, 1.54) is 12.0 Å². The summed E-state index contributed by atoms with van der Waals surface area (Å²) in [6, 6.07) is 9.26. The Hall–Kier alpha value is -3.98. The van der Waals surface area contributed by atoms with Crippen molar-refractivity contribution in [3.8, 4) is 0 Å². The zero-order valence-corrected chi connectivity index (χ0v) is 20.4. The predicted octanol–water partition coefficient (Wildman–Crippen LogP) is 0.106. The molecule has 1 aromatic carbocycles. The van der Waals surface area contributed by atoms with Crippen LogP contribution in [0.25, 0.3) is 11.4 Å². The van der Waals surface area contributed by atoms with Gasteiger partial charge in [0.1, 0.15) is 5.65 Å². The Balaban J connectivity index is 1.91. The summed E-state index contributed by atoms with van der Waals surface area (Å²) in [6.07, 6.45) is 1.73. The highest BCUT2D eigenvalue weighted by Crippen LogP contribution is 2.39. The second-order valence-corrected chi connectivity index (χ2v) is 8.97. The van der Waals surface area contributed by atoms with E-state index in [-0.39, 0.29) is 11.3 Å². The number of Topliss-reactive ketones (excluding diaryl/α,β-unsaturated/α-hetero) is 1. The van der Waals surface area contributed by atoms with E-state index in [1.54, 1.807) is 41.8 Å². The number of rotatable bonds is 6. The van der Waals surface area contributed by atoms with Gasteiger partial charge in [0, 0.05) is 11.8 Å². The molecule has 9 nitrogen and oxygen atoms in total. The summed E-state index contributed by atoms with van der Waals surface area (Å²) in [7, 11) is 5.19. The van der Waals surface area contributed by atoms with E-state index in [1.807, 2.05) is 33.2 Å². The number of hydrogen-bond acceptors (Lipinski definition) is 6. The maximum absolute atomic E-state index is 13.9. The molecule has 1 amide bonds. The minimum atomic E-state index is -0.872. The zero-order valence-electron chi connectivity index (χ0n) is 20.4. The van der Waals surface area contributed by atoms with E-state index in [2.05, 4.69) is 4.98 Å². The molecule has 1 fully saturated rings. The highest BCUT2D eigenvalue weighted by Gasteiger charge is 2.44. The van der Waals surface area contributed by atoms with Gasteiger partial charge in [0.25, 0.3) is 5.91 Å². The molecule has 0 radical (unpaired) electrons. The van der Waals surface area contributed by atoms with Crippen LogP contribution in [0.5, 0.6) is 0 Å². The molecule has 182 valence electrons. The van der Waals surface area contributed by atoms with Crippen molar-refractivity contribution in [2.75, 3.05) is 34.3 Å². The number of quaternary nitrogens is 1. The molecule has 1 aliphatic heterocycles. The van der Waals surface area contributed by atoms with Gasteiger partial charge in [-0.15, -0.1) is 0 Å². The molecule has 1 saturated heterocycles. The third-order valence-electron chi connectivity index (χ3n) is 6.26. The number of imidazole rings is 1. The van der Waals surface area contributed by atoms with Crippen LogP contribution in [0.1, 0.15) is 38.9 Å². The van der Waals surface area contributed by atoms with Crippen LogP contribution in [0.3, 0.4) is 0 Å². The Morgan fingerprint density at radius 3 is 2.46 bits per heavy atom. The number of nitrogens with zero attached hydrogens (tertiary/aromatic N) is 3. The van der Waals surface area contributed by atoms with Crippen molar-refractivity contribution >= 4 is 29.1 Å². The second kappa shape index (κ2) is 9.34. The number of nitrogens with one attached hydrogen (secondary N) is 1. The molecule has 0 spiro atoms. The van der Waals surface area contributed by atoms with Crippen LogP contribution in [-0.4, -0.2) is 66.2 Å². The molecule has 35 heavy (non-hydrogen) atoms. The molecule has 1 aliphatic rings. The largest absolute Gasteiger partial charge is 0.871 e. The number of ketones is 1. The first kappa shape index (κ1) is 24.2. The fourth-order valence-corrected chi connectivity index (χ4v) is 4.43. The maximum Gasteiger partial charge on any atom is 0.337 e. The fraction of sp³-hybridized carbons (Fsp3) is 0.308. The van der Waals surface area contributed by atoms with Crippen LogP contribution in [-0.2, 0) is 14.3 Å². The molecule has 0 bridgehead atoms. The minimum Gasteiger partial charge on any atom is -0.871 e. The third kappa shape index (κ3) is 4.19. The van der Waals surface area contributed by atoms with Crippen molar-refractivity contribution < 1.29 is 29.1 Å². The highest BCUT2D eigenvalue weighted by molar-refractivity contribution is 6.46. The molecule has 4 rings (SSSR count). The summed E-state index contributed by atoms with van der Waals surface area (Å²) in [5, 5.41) is 13.9. The Labute approximate surface area is 203 Å². The second-order valence-electron chi connectivity index (χ2n) is 8.97. The van der Waals surface area contributed by atoms with E-state index in [4.69, 9.17) is 4.74 Å². The fourth-order valence-electron chi connectivity index (χ4n) is 4.43. The van der Waals surface area contributed by atoms with Gasteiger partial charge >= 0.3 is 5.97 Å². The normalized spacial score (nSPS) is 17.5. The van der Waals surface area contributed by atoms with Gasteiger partial charge in [0.15, 0.2) is 0 Å². The lowest BCUT2D eigenvalue weighted by atomic mass is 9.95. The van der Waals surface area contributed by atoms with E-state index < -0.39 is 29.5 Å². The topological polar surface area (TPSA) is 108 Å². The van der Waals surface area contributed by atoms with Gasteiger partial charge in [-0.3, -0.25) is 9.59 Å². The van der Waals surface area contributed by atoms with Gasteiger partial charge in [-0.1, -0.05) is 24.0 Å². The van der Waals surface area contributed by atoms with Crippen LogP contribution in [0.4, 0.5) is 0 Å². The molecule has 2 aromatic heterocycles. The van der Waals surface area contributed by atoms with Crippen LogP contribution < -0.4 is 10.0 Å². The quantitative estimate of drug-likeness (QED) is 0.234. The van der Waals surface area contributed by atoms with Crippen LogP contribution in [0, 0.1) is 13.8 Å². The number of likely N-dealkylation sites (N-methyl/N-ethyl adjacent to an activating group) is 1. The molecular formula is C26H28N4O5. The predicted molar refractivity (Wildman–Crippen MR) is 127 cm³/mol. The molecule has 9 heteroatoms. The Morgan fingerprint density at radius 1 is 1.14 bits per heavy atom. The zero-order chi connectivity index (χ0) is 25.4. The number of esters is 1. The van der Waals surface area contributed by atoms with Gasteiger partial charge < -0.3 is 24.0 Å². The molecule has 1 atom stereocenters. The first-order chi connectivity index (χ1) is 16.6. The number of likely N-dealkylation sites (tertiary alicyclic amines) is 1. The molecular weight excluding hydrogens is 448 g/mol. The summed E-state index contributed by atoms with van der Waals surface area (Å²) in [5.74, 6) is -2.55. The average molecular weight is 477 g/mol. The first-order valence-electron chi connectivity index (χ1n) is 11.3. The van der Waals surface area contributed by atoms with E-state index in [0.29, 0.717) is 35.6 Å². The number of methoxy groups -OCH3 is 1. The number of amides is 1. The first-order valence-corrected chi connectivity index (χ1v) is 11.3. The van der Waals surface area contributed by atoms with Gasteiger partial charge in [0.05, 0.1) is 57.3 Å². The van der Waals surface area contributed by atoms with Crippen molar-refractivity contribution in [2.24, 2.45) is 0 Å². The van der Waals surface area contributed by atoms with Crippen LogP contribution in [0.2, 0.25) is 0 Å². The molecule has 1 unspecified atom stereocenters. The number of carbonyl (C=O) groups is 3. The highest BCUT2D eigenvalue weighted by atomic mass is 16.5. The SMILES string of the molecule is COC(=O)c1ccc(C2/C(=C(\[O-])c3c(C)nc4c(C)cccn34)C(=O)C(=O)N2CC[NH+](C)C)cc1. The molecule has 0 saturated carbocycles. The van der Waals surface area contributed by atoms with Crippen molar-refractivity contribution in [2.45, 2.75) is 19.9 Å². The van der Waals surface area contributed by atoms with Crippen molar-refractivity contribution in [1.82, 2.24) is 14.3 Å². The smallest absolute Gasteiger partial charge is 0.337 e. The van der Waals surface area contributed by atoms with Crippen LogP contribution in [0.15, 0.2) is 48.2 Å². The summed E-state index contributed by atoms with van der Waals surface area (Å²) in [5.41, 5.74) is 3.04. The van der Waals surface area contributed by atoms with Gasteiger partial charge in [-0.05, 0) is 43.2 Å². The van der Waals surface area contributed by atoms with Crippen LogP contribution >= 0.6 is 0 Å². The number of aryl methyl sites for hydroxylation is 2. The Bertz CT molecular complexity index is 1350. The number of hydrogen-bond donors (Lipinski definition) is 1. The summed E-state index contributed by atoms with van der Waals surface area (Å²) in [6.45, 7) is 4.49. The van der Waals surface area contributed by atoms with E-state index in [0.717, 1.165) is 10.5 Å². The minimum absolute atomic E-state index is 0.110. The van der Waals surface area contributed by atoms with Crippen molar-refractivity contribution in [3.63, 3.8) is 0 Å². The molecule has 1 N–H and O–H groups in total. The van der Waals surface area contributed by atoms with Gasteiger partial charge in [0.2, 0.25) is 5.78 Å². The lowest BCUT2D eigenvalue weighted by molar-refractivity contribution is -0.857.